The summed E-state index contributed by atoms with van der Waals surface area (Å²) in [6.45, 7) is 4.00. The van der Waals surface area contributed by atoms with E-state index in [1.165, 1.54) is 0 Å². The molecule has 0 bridgehead atoms. The molecular formula is C62H42O6P2. The van der Waals surface area contributed by atoms with Crippen molar-refractivity contribution in [2.24, 2.45) is 0 Å². The molecule has 0 saturated heterocycles. The number of hydrogen-bond acceptors (Lipinski definition) is 6. The Morgan fingerprint density at radius 3 is 0.771 bits per heavy atom. The highest BCUT2D eigenvalue weighted by molar-refractivity contribution is 7.32. The fourth-order valence-corrected chi connectivity index (χ4v) is 12.2. The van der Waals surface area contributed by atoms with E-state index in [4.69, 9.17) is 25.8 Å². The molecule has 0 atom stereocenters. The van der Waals surface area contributed by atoms with Crippen LogP contribution in [-0.4, -0.2) is 0 Å². The summed E-state index contributed by atoms with van der Waals surface area (Å²) in [4.78, 5) is 0. The van der Waals surface area contributed by atoms with Crippen LogP contribution in [0.3, 0.4) is 0 Å². The Morgan fingerprint density at radius 2 is 0.486 bits per heavy atom. The molecule has 0 amide bonds. The van der Waals surface area contributed by atoms with Crippen molar-refractivity contribution >= 4 is 125 Å². The molecule has 14 rings (SSSR count). The monoisotopic (exact) mass is 944 g/mol. The fourth-order valence-electron chi connectivity index (χ4n) is 10.1. The van der Waals surface area contributed by atoms with E-state index in [-0.39, 0.29) is 0 Å². The zero-order valence-electron chi connectivity index (χ0n) is 38.1. The van der Waals surface area contributed by atoms with Gasteiger partial charge in [0.1, 0.15) is 33.8 Å². The molecule has 0 saturated carbocycles. The molecule has 0 N–H and O–H groups in total. The SMILES string of the molecule is CC.c1ccc2c(-c3c(Op4oc5ccc6ccccc6c5c5c(ccc6ccccc65)o4)ccc4ccccc34)c(Op3oc4ccc5ccccc5c4c4c(ccc5ccccc54)o3)ccc2c1. The van der Waals surface area contributed by atoms with Crippen LogP contribution < -0.4 is 9.05 Å². The second-order valence-corrected chi connectivity index (χ2v) is 18.9. The Balaban J connectivity index is 0.00000237. The molecule has 0 spiro atoms. The molecule has 0 aliphatic carbocycles. The van der Waals surface area contributed by atoms with Crippen molar-refractivity contribution in [3.05, 3.63) is 218 Å². The van der Waals surface area contributed by atoms with E-state index in [1.807, 2.05) is 50.2 Å². The first kappa shape index (κ1) is 41.8. The van der Waals surface area contributed by atoms with E-state index in [1.54, 1.807) is 0 Å². The highest BCUT2D eigenvalue weighted by atomic mass is 31.1. The van der Waals surface area contributed by atoms with Crippen molar-refractivity contribution in [3.8, 4) is 22.6 Å². The summed E-state index contributed by atoms with van der Waals surface area (Å²) in [5.41, 5.74) is 4.41. The molecule has 2 aromatic heterocycles. The summed E-state index contributed by atoms with van der Waals surface area (Å²) in [6, 6.07) is 75.0. The van der Waals surface area contributed by atoms with Crippen LogP contribution >= 0.6 is 16.5 Å². The van der Waals surface area contributed by atoms with Gasteiger partial charge in [-0.15, -0.1) is 0 Å². The number of rotatable bonds is 5. The maximum atomic E-state index is 7.16. The lowest BCUT2D eigenvalue weighted by Gasteiger charge is -2.17. The lowest BCUT2D eigenvalue weighted by molar-refractivity contribution is 0.495. The van der Waals surface area contributed by atoms with E-state index in [0.29, 0.717) is 33.8 Å². The minimum atomic E-state index is -2.07. The first-order valence-electron chi connectivity index (χ1n) is 23.5. The Bertz CT molecular complexity index is 4000. The van der Waals surface area contributed by atoms with Gasteiger partial charge >= 0.3 is 16.5 Å². The van der Waals surface area contributed by atoms with Crippen LogP contribution in [0.4, 0.5) is 0 Å². The third kappa shape index (κ3) is 6.95. The van der Waals surface area contributed by atoms with Gasteiger partial charge in [0.2, 0.25) is 0 Å². The summed E-state index contributed by atoms with van der Waals surface area (Å²) in [5, 5.41) is 16.6. The normalized spacial score (nSPS) is 11.6. The summed E-state index contributed by atoms with van der Waals surface area (Å²) >= 11 is 0. The van der Waals surface area contributed by atoms with Crippen molar-refractivity contribution in [2.75, 3.05) is 0 Å². The Labute approximate surface area is 403 Å². The van der Waals surface area contributed by atoms with Crippen molar-refractivity contribution < 1.29 is 25.8 Å². The van der Waals surface area contributed by atoms with Gasteiger partial charge in [-0.05, 0) is 101 Å². The second-order valence-electron chi connectivity index (χ2n) is 17.0. The van der Waals surface area contributed by atoms with Gasteiger partial charge in [0.25, 0.3) is 0 Å². The predicted molar refractivity (Wildman–Crippen MR) is 293 cm³/mol. The van der Waals surface area contributed by atoms with Crippen LogP contribution in [0.1, 0.15) is 13.8 Å². The zero-order chi connectivity index (χ0) is 46.7. The van der Waals surface area contributed by atoms with Crippen LogP contribution in [0, 0.1) is 0 Å². The fraction of sp³-hybridized carbons (Fsp3) is 0.0323. The number of benzene rings is 12. The van der Waals surface area contributed by atoms with Crippen LogP contribution in [0.2, 0.25) is 0 Å². The molecule has 12 aromatic carbocycles. The van der Waals surface area contributed by atoms with Crippen LogP contribution in [0.5, 0.6) is 11.5 Å². The van der Waals surface area contributed by atoms with Gasteiger partial charge in [0.05, 0.1) is 0 Å². The van der Waals surface area contributed by atoms with Crippen molar-refractivity contribution in [2.45, 2.75) is 13.8 Å². The van der Waals surface area contributed by atoms with E-state index < -0.39 is 16.5 Å². The molecule has 6 nitrogen and oxygen atoms in total. The Hall–Kier alpha value is -8.40. The van der Waals surface area contributed by atoms with Gasteiger partial charge in [-0.2, -0.15) is 0 Å². The molecule has 0 fully saturated rings. The van der Waals surface area contributed by atoms with E-state index in [0.717, 1.165) is 97.3 Å². The molecule has 0 aliphatic heterocycles. The molecule has 0 unspecified atom stereocenters. The highest BCUT2D eigenvalue weighted by Crippen LogP contribution is 2.51. The maximum absolute atomic E-state index is 7.16. The molecule has 14 aromatic rings. The average Bonchev–Trinajstić information content (AvgIpc) is 3.69. The summed E-state index contributed by atoms with van der Waals surface area (Å²) in [5.74, 6) is 1.15. The number of fused-ring (bicyclic) bond motifs is 16. The van der Waals surface area contributed by atoms with Gasteiger partial charge in [-0.1, -0.05) is 196 Å². The quantitative estimate of drug-likeness (QED) is 0.171. The van der Waals surface area contributed by atoms with E-state index in [9.17, 15) is 0 Å². The zero-order valence-corrected chi connectivity index (χ0v) is 39.9. The first-order chi connectivity index (χ1) is 34.7. The topological polar surface area (TPSA) is 71.0 Å². The van der Waals surface area contributed by atoms with Gasteiger partial charge in [-0.3, -0.25) is 0 Å². The third-order valence-corrected chi connectivity index (χ3v) is 15.2. The number of hydrogen-bond donors (Lipinski definition) is 0. The summed E-state index contributed by atoms with van der Waals surface area (Å²) in [7, 11) is -4.13. The summed E-state index contributed by atoms with van der Waals surface area (Å²) in [6.07, 6.45) is 0. The first-order valence-corrected chi connectivity index (χ1v) is 25.7. The van der Waals surface area contributed by atoms with Crippen LogP contribution in [0.15, 0.2) is 235 Å². The highest BCUT2D eigenvalue weighted by Gasteiger charge is 2.24. The standard InChI is InChI=1S/C60H36O6P2.C2H6/c1-7-19-43-37(13-1)25-31-49-55(43)56-44-20-8-2-14-38(44)26-32-50(56)62-67(61-49)65-53-35-29-41-17-5-11-23-47(41)59(53)60-48-24-12-6-18-42(48)30-36-54(60)66-68-63-51-33-27-39-15-3-9-21-45(39)57(51)58-46-22-10-4-16-40(46)28-34-52(58)64-68;1-2/h1-36H;1-2H3. The molecule has 0 radical (unpaired) electrons. The van der Waals surface area contributed by atoms with Gasteiger partial charge in [0, 0.05) is 32.7 Å². The largest absolute Gasteiger partial charge is 0.453 e. The Kier molecular flexibility index (Phi) is 10.3. The molecule has 8 heteroatoms. The lowest BCUT2D eigenvalue weighted by Crippen LogP contribution is -1.93. The molecule has 2 heterocycles. The second kappa shape index (κ2) is 17.3. The minimum absolute atomic E-state index is 0.576. The van der Waals surface area contributed by atoms with Gasteiger partial charge in [-0.25, -0.2) is 0 Å². The Morgan fingerprint density at radius 1 is 0.257 bits per heavy atom. The van der Waals surface area contributed by atoms with Crippen LogP contribution in [0.25, 0.3) is 120 Å². The summed E-state index contributed by atoms with van der Waals surface area (Å²) < 4.78 is 42.1. The third-order valence-electron chi connectivity index (χ3n) is 13.1. The van der Waals surface area contributed by atoms with E-state index in [2.05, 4.69) is 182 Å². The van der Waals surface area contributed by atoms with Gasteiger partial charge < -0.3 is 25.8 Å². The molecular weight excluding hydrogens is 903 g/mol. The molecule has 0 aliphatic rings. The van der Waals surface area contributed by atoms with Crippen molar-refractivity contribution in [1.29, 1.82) is 0 Å². The maximum Gasteiger partial charge on any atom is 0.453 e. The lowest BCUT2D eigenvalue weighted by atomic mass is 9.92. The van der Waals surface area contributed by atoms with Crippen LogP contribution in [-0.2, 0) is 0 Å². The average molecular weight is 945 g/mol. The van der Waals surface area contributed by atoms with E-state index >= 15 is 0 Å². The minimum Gasteiger partial charge on any atom is -0.390 e. The predicted octanol–water partition coefficient (Wildman–Crippen LogP) is 20.2. The molecule has 336 valence electrons. The van der Waals surface area contributed by atoms with Gasteiger partial charge in [0.15, 0.2) is 0 Å². The smallest absolute Gasteiger partial charge is 0.390 e. The van der Waals surface area contributed by atoms with Crippen molar-refractivity contribution in [3.63, 3.8) is 0 Å². The molecule has 70 heavy (non-hydrogen) atoms. The van der Waals surface area contributed by atoms with Crippen molar-refractivity contribution in [1.82, 2.24) is 0 Å².